The SMILES string of the molecule is Cc1cc(C)c(C(=O)[C@@H](C)OC(=O)c2ccc(-n3cnnn3)cc2)cc1C. The maximum atomic E-state index is 12.7. The third-order valence-electron chi connectivity index (χ3n) is 4.48. The molecular weight excluding hydrogens is 344 g/mol. The number of benzene rings is 2. The molecule has 7 heteroatoms. The topological polar surface area (TPSA) is 87.0 Å². The molecule has 0 aliphatic heterocycles. The smallest absolute Gasteiger partial charge is 0.338 e. The van der Waals surface area contributed by atoms with E-state index in [4.69, 9.17) is 4.74 Å². The number of rotatable bonds is 5. The first-order chi connectivity index (χ1) is 12.9. The second kappa shape index (κ2) is 7.49. The van der Waals surface area contributed by atoms with Gasteiger partial charge >= 0.3 is 5.97 Å². The van der Waals surface area contributed by atoms with Crippen molar-refractivity contribution in [3.8, 4) is 5.69 Å². The molecule has 0 aliphatic carbocycles. The minimum Gasteiger partial charge on any atom is -0.451 e. The molecule has 1 aromatic heterocycles. The summed E-state index contributed by atoms with van der Waals surface area (Å²) in [5.41, 5.74) is 4.66. The number of hydrogen-bond donors (Lipinski definition) is 0. The van der Waals surface area contributed by atoms with Gasteiger partial charge in [0.25, 0.3) is 0 Å². The number of carbonyl (C=O) groups is 2. The lowest BCUT2D eigenvalue weighted by Crippen LogP contribution is -2.25. The molecule has 3 aromatic rings. The van der Waals surface area contributed by atoms with Crippen molar-refractivity contribution in [3.63, 3.8) is 0 Å². The van der Waals surface area contributed by atoms with Crippen LogP contribution in [0.25, 0.3) is 5.69 Å². The molecule has 7 nitrogen and oxygen atoms in total. The molecule has 0 radical (unpaired) electrons. The molecule has 2 aromatic carbocycles. The summed E-state index contributed by atoms with van der Waals surface area (Å²) in [5, 5.41) is 10.9. The Morgan fingerprint density at radius 2 is 1.67 bits per heavy atom. The molecule has 27 heavy (non-hydrogen) atoms. The Morgan fingerprint density at radius 3 is 2.30 bits per heavy atom. The molecule has 0 spiro atoms. The van der Waals surface area contributed by atoms with Gasteiger partial charge in [0.05, 0.1) is 11.3 Å². The number of aromatic nitrogens is 4. The maximum absolute atomic E-state index is 12.7. The van der Waals surface area contributed by atoms with Gasteiger partial charge in [-0.05, 0) is 85.1 Å². The van der Waals surface area contributed by atoms with E-state index in [9.17, 15) is 9.59 Å². The minimum absolute atomic E-state index is 0.214. The Labute approximate surface area is 157 Å². The Kier molecular flexibility index (Phi) is 5.12. The van der Waals surface area contributed by atoms with Crippen molar-refractivity contribution in [1.29, 1.82) is 0 Å². The van der Waals surface area contributed by atoms with Crippen LogP contribution < -0.4 is 0 Å². The molecule has 0 aliphatic rings. The van der Waals surface area contributed by atoms with Crippen molar-refractivity contribution in [2.24, 2.45) is 0 Å². The largest absolute Gasteiger partial charge is 0.451 e. The number of tetrazole rings is 1. The van der Waals surface area contributed by atoms with Gasteiger partial charge in [-0.3, -0.25) is 4.79 Å². The number of ether oxygens (including phenoxy) is 1. The number of carbonyl (C=O) groups excluding carboxylic acids is 2. The molecule has 1 heterocycles. The first-order valence-electron chi connectivity index (χ1n) is 8.53. The zero-order valence-electron chi connectivity index (χ0n) is 15.6. The van der Waals surface area contributed by atoms with Gasteiger partial charge in [-0.2, -0.15) is 0 Å². The first kappa shape index (κ1) is 18.4. The fourth-order valence-electron chi connectivity index (χ4n) is 2.76. The maximum Gasteiger partial charge on any atom is 0.338 e. The van der Waals surface area contributed by atoms with Gasteiger partial charge < -0.3 is 4.74 Å². The van der Waals surface area contributed by atoms with Crippen molar-refractivity contribution in [2.45, 2.75) is 33.8 Å². The number of ketones is 1. The Balaban J connectivity index is 1.72. The molecule has 1 atom stereocenters. The van der Waals surface area contributed by atoms with Crippen molar-refractivity contribution in [2.75, 3.05) is 0 Å². The third kappa shape index (κ3) is 3.92. The molecule has 0 bridgehead atoms. The molecule has 0 unspecified atom stereocenters. The van der Waals surface area contributed by atoms with Crippen molar-refractivity contribution in [1.82, 2.24) is 20.2 Å². The van der Waals surface area contributed by atoms with Crippen molar-refractivity contribution in [3.05, 3.63) is 70.5 Å². The van der Waals surface area contributed by atoms with Gasteiger partial charge in [0.1, 0.15) is 6.33 Å². The van der Waals surface area contributed by atoms with Gasteiger partial charge in [-0.25, -0.2) is 9.48 Å². The summed E-state index contributed by atoms with van der Waals surface area (Å²) in [6, 6.07) is 10.4. The average molecular weight is 364 g/mol. The normalized spacial score (nSPS) is 11.9. The zero-order valence-corrected chi connectivity index (χ0v) is 15.6. The quantitative estimate of drug-likeness (QED) is 0.511. The average Bonchev–Trinajstić information content (AvgIpc) is 3.19. The van der Waals surface area contributed by atoms with E-state index in [-0.39, 0.29) is 5.78 Å². The van der Waals surface area contributed by atoms with Crippen LogP contribution in [0.1, 0.15) is 44.3 Å². The van der Waals surface area contributed by atoms with Gasteiger partial charge in [0.15, 0.2) is 6.10 Å². The lowest BCUT2D eigenvalue weighted by atomic mass is 9.96. The van der Waals surface area contributed by atoms with E-state index in [1.54, 1.807) is 31.2 Å². The van der Waals surface area contributed by atoms with Crippen LogP contribution in [-0.4, -0.2) is 38.1 Å². The van der Waals surface area contributed by atoms with Crippen LogP contribution in [-0.2, 0) is 4.74 Å². The van der Waals surface area contributed by atoms with Gasteiger partial charge in [0, 0.05) is 5.56 Å². The summed E-state index contributed by atoms with van der Waals surface area (Å²) >= 11 is 0. The number of esters is 1. The van der Waals surface area contributed by atoms with Crippen molar-refractivity contribution < 1.29 is 14.3 Å². The van der Waals surface area contributed by atoms with Crippen LogP contribution in [0.2, 0.25) is 0 Å². The standard InChI is InChI=1S/C20H20N4O3/c1-12-9-14(3)18(10-13(12)2)19(25)15(4)27-20(26)16-5-7-17(8-6-16)24-11-21-22-23-24/h5-11,15H,1-4H3/t15-/m1/s1. The second-order valence-corrected chi connectivity index (χ2v) is 6.46. The zero-order chi connectivity index (χ0) is 19.6. The summed E-state index contributed by atoms with van der Waals surface area (Å²) in [5.74, 6) is -0.769. The summed E-state index contributed by atoms with van der Waals surface area (Å²) in [7, 11) is 0. The van der Waals surface area contributed by atoms with Gasteiger partial charge in [-0.15, -0.1) is 5.10 Å². The van der Waals surface area contributed by atoms with E-state index in [0.717, 1.165) is 16.7 Å². The predicted octanol–water partition coefficient (Wildman–Crippen LogP) is 3.02. The Bertz CT molecular complexity index is 979. The van der Waals surface area contributed by atoms with E-state index in [1.165, 1.54) is 11.0 Å². The van der Waals surface area contributed by atoms with Gasteiger partial charge in [0.2, 0.25) is 5.78 Å². The van der Waals surface area contributed by atoms with E-state index in [1.807, 2.05) is 32.9 Å². The summed E-state index contributed by atoms with van der Waals surface area (Å²) in [6.07, 6.45) is 0.581. The third-order valence-corrected chi connectivity index (χ3v) is 4.48. The van der Waals surface area contributed by atoms with Crippen molar-refractivity contribution >= 4 is 11.8 Å². The summed E-state index contributed by atoms with van der Waals surface area (Å²) in [4.78, 5) is 25.1. The Morgan fingerprint density at radius 1 is 1.00 bits per heavy atom. The molecule has 0 amide bonds. The second-order valence-electron chi connectivity index (χ2n) is 6.46. The van der Waals surface area contributed by atoms with Crippen LogP contribution >= 0.6 is 0 Å². The van der Waals surface area contributed by atoms with Crippen LogP contribution in [0.15, 0.2) is 42.7 Å². The molecule has 0 saturated heterocycles. The van der Waals surface area contributed by atoms with E-state index >= 15 is 0 Å². The fourth-order valence-corrected chi connectivity index (χ4v) is 2.76. The lowest BCUT2D eigenvalue weighted by Gasteiger charge is -2.15. The lowest BCUT2D eigenvalue weighted by molar-refractivity contribution is 0.0318. The molecule has 3 rings (SSSR count). The Hall–Kier alpha value is -3.35. The fraction of sp³-hybridized carbons (Fsp3) is 0.250. The summed E-state index contributed by atoms with van der Waals surface area (Å²) < 4.78 is 6.85. The molecule has 0 N–H and O–H groups in total. The number of Topliss-reactive ketones (excluding diaryl/α,β-unsaturated/α-hetero) is 1. The van der Waals surface area contributed by atoms with Crippen LogP contribution in [0.5, 0.6) is 0 Å². The number of nitrogens with zero attached hydrogens (tertiary/aromatic N) is 4. The van der Waals surface area contributed by atoms with E-state index < -0.39 is 12.1 Å². The highest BCUT2D eigenvalue weighted by atomic mass is 16.5. The van der Waals surface area contributed by atoms with E-state index in [0.29, 0.717) is 16.8 Å². The highest BCUT2D eigenvalue weighted by Crippen LogP contribution is 2.18. The van der Waals surface area contributed by atoms with Crippen LogP contribution in [0, 0.1) is 20.8 Å². The number of aryl methyl sites for hydroxylation is 3. The summed E-state index contributed by atoms with van der Waals surface area (Å²) in [6.45, 7) is 7.42. The molecule has 0 fully saturated rings. The monoisotopic (exact) mass is 364 g/mol. The minimum atomic E-state index is -0.877. The van der Waals surface area contributed by atoms with E-state index in [2.05, 4.69) is 15.5 Å². The highest BCUT2D eigenvalue weighted by molar-refractivity contribution is 6.02. The van der Waals surface area contributed by atoms with Crippen LogP contribution in [0.4, 0.5) is 0 Å². The number of hydrogen-bond acceptors (Lipinski definition) is 6. The van der Waals surface area contributed by atoms with Gasteiger partial charge in [-0.1, -0.05) is 6.07 Å². The molecular formula is C20H20N4O3. The molecule has 0 saturated carbocycles. The predicted molar refractivity (Wildman–Crippen MR) is 99.0 cm³/mol. The molecule has 138 valence electrons. The first-order valence-corrected chi connectivity index (χ1v) is 8.53. The van der Waals surface area contributed by atoms with Crippen LogP contribution in [0.3, 0.4) is 0 Å². The highest BCUT2D eigenvalue weighted by Gasteiger charge is 2.22.